The van der Waals surface area contributed by atoms with E-state index >= 15 is 0 Å². The highest BCUT2D eigenvalue weighted by molar-refractivity contribution is 5.87. The second-order valence-electron chi connectivity index (χ2n) is 8.32. The van der Waals surface area contributed by atoms with E-state index in [-0.39, 0.29) is 17.4 Å². The van der Waals surface area contributed by atoms with Crippen molar-refractivity contribution in [2.75, 3.05) is 6.54 Å². The van der Waals surface area contributed by atoms with Crippen molar-refractivity contribution in [3.8, 4) is 0 Å². The number of alkyl carbamates (subject to hydrolysis) is 1. The zero-order chi connectivity index (χ0) is 18.0. The van der Waals surface area contributed by atoms with Gasteiger partial charge in [-0.05, 0) is 36.3 Å². The monoisotopic (exact) mass is 327 g/mol. The molecule has 132 valence electrons. The van der Waals surface area contributed by atoms with Gasteiger partial charge in [-0.3, -0.25) is 4.79 Å². The van der Waals surface area contributed by atoms with Crippen LogP contribution in [0.15, 0.2) is 5.18 Å². The molecule has 0 spiro atoms. The van der Waals surface area contributed by atoms with Crippen molar-refractivity contribution in [1.82, 2.24) is 10.2 Å². The van der Waals surface area contributed by atoms with Crippen LogP contribution in [-0.4, -0.2) is 41.8 Å². The van der Waals surface area contributed by atoms with Crippen LogP contribution in [0.4, 0.5) is 4.79 Å². The van der Waals surface area contributed by atoms with E-state index in [9.17, 15) is 14.5 Å². The van der Waals surface area contributed by atoms with Crippen molar-refractivity contribution in [3.05, 3.63) is 4.91 Å². The van der Waals surface area contributed by atoms with Crippen LogP contribution in [0.2, 0.25) is 0 Å². The maximum Gasteiger partial charge on any atom is 0.408 e. The van der Waals surface area contributed by atoms with Crippen LogP contribution in [0.25, 0.3) is 0 Å². The number of nitroso groups, excluding NO2 is 1. The minimum atomic E-state index is -0.785. The molecule has 1 heterocycles. The summed E-state index contributed by atoms with van der Waals surface area (Å²) >= 11 is 0. The summed E-state index contributed by atoms with van der Waals surface area (Å²) < 4.78 is 5.08. The highest BCUT2D eigenvalue weighted by atomic mass is 16.6. The molecule has 0 aromatic heterocycles. The Kier molecular flexibility index (Phi) is 5.77. The van der Waals surface area contributed by atoms with Crippen LogP contribution in [0.3, 0.4) is 0 Å². The van der Waals surface area contributed by atoms with Gasteiger partial charge in [-0.15, -0.1) is 4.91 Å². The first-order chi connectivity index (χ1) is 10.4. The lowest BCUT2D eigenvalue weighted by atomic mass is 9.85. The van der Waals surface area contributed by atoms with Gasteiger partial charge in [-0.1, -0.05) is 34.6 Å². The molecule has 0 aromatic rings. The van der Waals surface area contributed by atoms with Crippen LogP contribution in [-0.2, 0) is 9.53 Å². The third-order valence-electron chi connectivity index (χ3n) is 3.82. The van der Waals surface area contributed by atoms with Crippen LogP contribution in [0.1, 0.15) is 54.9 Å². The molecule has 1 saturated heterocycles. The number of carbonyl (C=O) groups excluding carboxylic acids is 2. The average Bonchev–Trinajstić information content (AvgIpc) is 2.68. The molecule has 23 heavy (non-hydrogen) atoms. The molecule has 0 bridgehead atoms. The van der Waals surface area contributed by atoms with Gasteiger partial charge < -0.3 is 15.0 Å². The van der Waals surface area contributed by atoms with Crippen molar-refractivity contribution in [1.29, 1.82) is 0 Å². The highest BCUT2D eigenvalue weighted by Gasteiger charge is 2.45. The van der Waals surface area contributed by atoms with Gasteiger partial charge in [-0.25, -0.2) is 4.79 Å². The van der Waals surface area contributed by atoms with E-state index in [0.29, 0.717) is 13.0 Å². The Hall–Kier alpha value is -1.66. The average molecular weight is 327 g/mol. The summed E-state index contributed by atoms with van der Waals surface area (Å²) in [4.78, 5) is 37.4. The van der Waals surface area contributed by atoms with Crippen molar-refractivity contribution in [3.63, 3.8) is 0 Å². The predicted molar refractivity (Wildman–Crippen MR) is 87.7 cm³/mol. The molecule has 1 rings (SSSR count). The minimum Gasteiger partial charge on any atom is -0.447 e. The van der Waals surface area contributed by atoms with Crippen molar-refractivity contribution >= 4 is 12.0 Å². The van der Waals surface area contributed by atoms with Crippen molar-refractivity contribution in [2.24, 2.45) is 16.0 Å². The quantitative estimate of drug-likeness (QED) is 0.804. The van der Waals surface area contributed by atoms with Crippen LogP contribution in [0, 0.1) is 15.7 Å². The van der Waals surface area contributed by atoms with E-state index in [4.69, 9.17) is 4.74 Å². The minimum absolute atomic E-state index is 0.172. The summed E-state index contributed by atoms with van der Waals surface area (Å²) in [5, 5.41) is 5.73. The number of rotatable bonds is 4. The first-order valence-corrected chi connectivity index (χ1v) is 7.97. The summed E-state index contributed by atoms with van der Waals surface area (Å²) in [6.45, 7) is 13.5. The zero-order valence-corrected chi connectivity index (χ0v) is 15.2. The predicted octanol–water partition coefficient (Wildman–Crippen LogP) is 2.89. The maximum absolute atomic E-state index is 12.9. The smallest absolute Gasteiger partial charge is 0.408 e. The molecule has 0 unspecified atom stereocenters. The molecule has 7 nitrogen and oxygen atoms in total. The van der Waals surface area contributed by atoms with Gasteiger partial charge in [0, 0.05) is 6.54 Å². The number of hydrogen-bond donors (Lipinski definition) is 1. The first-order valence-electron chi connectivity index (χ1n) is 7.97. The lowest BCUT2D eigenvalue weighted by Gasteiger charge is -2.34. The molecular weight excluding hydrogens is 298 g/mol. The zero-order valence-electron chi connectivity index (χ0n) is 15.2. The van der Waals surface area contributed by atoms with E-state index in [0.717, 1.165) is 0 Å². The number of likely N-dealkylation sites (tertiary alicyclic amines) is 1. The normalized spacial score (nSPS) is 21.9. The van der Waals surface area contributed by atoms with Crippen LogP contribution in [0.5, 0.6) is 0 Å². The van der Waals surface area contributed by atoms with Gasteiger partial charge >= 0.3 is 6.09 Å². The molecule has 1 aliphatic heterocycles. The molecule has 1 aliphatic rings. The fraction of sp³-hybridized carbons (Fsp3) is 0.875. The van der Waals surface area contributed by atoms with Gasteiger partial charge in [0.1, 0.15) is 6.04 Å². The van der Waals surface area contributed by atoms with Crippen molar-refractivity contribution in [2.45, 2.75) is 73.2 Å². The molecular formula is C16H29N3O4. The maximum atomic E-state index is 12.9. The Morgan fingerprint density at radius 3 is 2.30 bits per heavy atom. The second-order valence-corrected chi connectivity index (χ2v) is 8.32. The third kappa shape index (κ3) is 5.18. The SMILES string of the molecule is CC(C)OC(=O)N[C@H](C(=O)N1CC(C)(C)C[C@H]1N=O)C(C)(C)C. The Morgan fingerprint density at radius 2 is 1.87 bits per heavy atom. The number of hydrogen-bond acceptors (Lipinski definition) is 5. The van der Waals surface area contributed by atoms with E-state index in [1.807, 2.05) is 34.6 Å². The summed E-state index contributed by atoms with van der Waals surface area (Å²) in [5.74, 6) is -0.298. The van der Waals surface area contributed by atoms with E-state index in [2.05, 4.69) is 10.5 Å². The van der Waals surface area contributed by atoms with E-state index < -0.39 is 23.7 Å². The molecule has 2 amide bonds. The Bertz CT molecular complexity index is 468. The summed E-state index contributed by atoms with van der Waals surface area (Å²) in [6, 6.07) is -0.785. The molecule has 1 fully saturated rings. The number of carbonyl (C=O) groups is 2. The van der Waals surface area contributed by atoms with Gasteiger partial charge in [0.2, 0.25) is 5.91 Å². The summed E-state index contributed by atoms with van der Waals surface area (Å²) in [7, 11) is 0. The van der Waals surface area contributed by atoms with Gasteiger partial charge in [0.15, 0.2) is 6.17 Å². The lowest BCUT2D eigenvalue weighted by Crippen LogP contribution is -2.56. The van der Waals surface area contributed by atoms with Crippen LogP contribution >= 0.6 is 0 Å². The van der Waals surface area contributed by atoms with Crippen LogP contribution < -0.4 is 5.32 Å². The second kappa shape index (κ2) is 6.84. The Labute approximate surface area is 138 Å². The van der Waals surface area contributed by atoms with E-state index in [1.54, 1.807) is 13.8 Å². The molecule has 0 aromatic carbocycles. The molecule has 0 aliphatic carbocycles. The highest BCUT2D eigenvalue weighted by Crippen LogP contribution is 2.36. The molecule has 1 N–H and O–H groups in total. The number of nitrogens with zero attached hydrogens (tertiary/aromatic N) is 2. The molecule has 0 saturated carbocycles. The summed E-state index contributed by atoms with van der Waals surface area (Å²) in [5.41, 5.74) is -0.692. The molecule has 2 atom stereocenters. The number of amides is 2. The Morgan fingerprint density at radius 1 is 1.30 bits per heavy atom. The van der Waals surface area contributed by atoms with Crippen molar-refractivity contribution < 1.29 is 14.3 Å². The standard InChI is InChI=1S/C16H29N3O4/c1-10(2)23-14(21)17-12(15(3,4)5)13(20)19-9-16(6,7)8-11(19)18-22/h10-12H,8-9H2,1-7H3,(H,17,21)/t11-,12+/m0/s1. The third-order valence-corrected chi connectivity index (χ3v) is 3.82. The topological polar surface area (TPSA) is 88.1 Å². The van der Waals surface area contributed by atoms with Gasteiger partial charge in [0.05, 0.1) is 6.10 Å². The number of nitrogens with one attached hydrogen (secondary N) is 1. The first kappa shape index (κ1) is 19.4. The molecule has 7 heteroatoms. The fourth-order valence-corrected chi connectivity index (χ4v) is 2.73. The number of ether oxygens (including phenoxy) is 1. The fourth-order valence-electron chi connectivity index (χ4n) is 2.73. The van der Waals surface area contributed by atoms with Gasteiger partial charge in [0.25, 0.3) is 0 Å². The Balaban J connectivity index is 2.97. The summed E-state index contributed by atoms with van der Waals surface area (Å²) in [6.07, 6.45) is -1.08. The van der Waals surface area contributed by atoms with E-state index in [1.165, 1.54) is 4.90 Å². The largest absolute Gasteiger partial charge is 0.447 e. The van der Waals surface area contributed by atoms with Gasteiger partial charge in [-0.2, -0.15) is 0 Å². The molecule has 0 radical (unpaired) electrons. The lowest BCUT2D eigenvalue weighted by molar-refractivity contribution is -0.137.